The molecular weight excluding hydrogens is 457 g/mol. The fourth-order valence-corrected chi connectivity index (χ4v) is 4.54. The second-order valence-corrected chi connectivity index (χ2v) is 8.63. The molecular formula is C21H21ClFN5O3S. The molecule has 0 saturated carbocycles. The number of anilines is 2. The minimum atomic E-state index is -0.436. The number of benzene rings is 2. The van der Waals surface area contributed by atoms with Crippen molar-refractivity contribution in [3.63, 3.8) is 0 Å². The lowest BCUT2D eigenvalue weighted by Crippen LogP contribution is -2.49. The van der Waals surface area contributed by atoms with Crippen LogP contribution in [0.3, 0.4) is 0 Å². The van der Waals surface area contributed by atoms with Crippen LogP contribution in [0, 0.1) is 18.7 Å². The molecule has 0 aliphatic carbocycles. The van der Waals surface area contributed by atoms with E-state index in [0.717, 1.165) is 17.3 Å². The first kappa shape index (κ1) is 22.5. The zero-order valence-electron chi connectivity index (χ0n) is 17.3. The van der Waals surface area contributed by atoms with Crippen LogP contribution in [0.4, 0.5) is 15.8 Å². The van der Waals surface area contributed by atoms with Crippen LogP contribution in [0.25, 0.3) is 0 Å². The molecule has 0 aromatic heterocycles. The first-order chi connectivity index (χ1) is 15.4. The maximum absolute atomic E-state index is 13.5. The molecule has 3 N–H and O–H groups in total. The molecule has 2 unspecified atom stereocenters. The molecule has 2 heterocycles. The second kappa shape index (κ2) is 9.45. The summed E-state index contributed by atoms with van der Waals surface area (Å²) in [6.45, 7) is 2.21. The van der Waals surface area contributed by atoms with E-state index in [1.165, 1.54) is 24.1 Å². The molecule has 2 aliphatic heterocycles. The van der Waals surface area contributed by atoms with Crippen molar-refractivity contribution < 1.29 is 18.7 Å². The molecule has 168 valence electrons. The molecule has 32 heavy (non-hydrogen) atoms. The van der Waals surface area contributed by atoms with Gasteiger partial charge in [0.05, 0.1) is 29.5 Å². The van der Waals surface area contributed by atoms with Crippen molar-refractivity contribution in [2.24, 2.45) is 10.9 Å². The summed E-state index contributed by atoms with van der Waals surface area (Å²) in [5.41, 5.74) is 7.60. The highest BCUT2D eigenvalue weighted by molar-refractivity contribution is 8.14. The van der Waals surface area contributed by atoms with Gasteiger partial charge in [-0.25, -0.2) is 14.8 Å². The quantitative estimate of drug-likeness (QED) is 0.613. The number of halogens is 2. The number of aryl methyl sites for hydroxylation is 1. The normalized spacial score (nSPS) is 20.1. The SMILES string of the molecule is COc1ccc(N2C(=O)C3CNNC3N=C2SCC(=O)Nc2cc(F)ccc2C)cc1Cl. The van der Waals surface area contributed by atoms with E-state index in [9.17, 15) is 14.0 Å². The molecule has 2 amide bonds. The lowest BCUT2D eigenvalue weighted by molar-refractivity contribution is -0.121. The van der Waals surface area contributed by atoms with Crippen LogP contribution in [-0.2, 0) is 9.59 Å². The number of nitrogens with zero attached hydrogens (tertiary/aromatic N) is 2. The molecule has 2 aromatic carbocycles. The summed E-state index contributed by atoms with van der Waals surface area (Å²) >= 11 is 7.39. The number of fused-ring (bicyclic) bond motifs is 1. The molecule has 1 saturated heterocycles. The number of ether oxygens (including phenoxy) is 1. The van der Waals surface area contributed by atoms with Gasteiger partial charge in [-0.05, 0) is 42.8 Å². The Hall–Kier alpha value is -2.66. The summed E-state index contributed by atoms with van der Waals surface area (Å²) in [4.78, 5) is 31.9. The number of methoxy groups -OCH3 is 1. The number of hydrogen-bond donors (Lipinski definition) is 3. The predicted molar refractivity (Wildman–Crippen MR) is 124 cm³/mol. The summed E-state index contributed by atoms with van der Waals surface area (Å²) in [7, 11) is 1.51. The highest BCUT2D eigenvalue weighted by Gasteiger charge is 2.42. The summed E-state index contributed by atoms with van der Waals surface area (Å²) in [6, 6.07) is 9.20. The van der Waals surface area contributed by atoms with Gasteiger partial charge in [0, 0.05) is 12.2 Å². The van der Waals surface area contributed by atoms with Crippen molar-refractivity contribution in [1.29, 1.82) is 0 Å². The van der Waals surface area contributed by atoms with E-state index in [1.807, 2.05) is 0 Å². The smallest absolute Gasteiger partial charge is 0.241 e. The van der Waals surface area contributed by atoms with Crippen LogP contribution in [0.1, 0.15) is 5.56 Å². The van der Waals surface area contributed by atoms with E-state index in [0.29, 0.717) is 33.9 Å². The van der Waals surface area contributed by atoms with Crippen molar-refractivity contribution in [3.8, 4) is 5.75 Å². The van der Waals surface area contributed by atoms with Gasteiger partial charge in [0.25, 0.3) is 0 Å². The van der Waals surface area contributed by atoms with Gasteiger partial charge in [0.1, 0.15) is 17.7 Å². The van der Waals surface area contributed by atoms with Gasteiger partial charge in [0.2, 0.25) is 11.8 Å². The first-order valence-corrected chi connectivity index (χ1v) is 11.2. The van der Waals surface area contributed by atoms with Gasteiger partial charge in [-0.15, -0.1) is 0 Å². The Morgan fingerprint density at radius 2 is 2.19 bits per heavy atom. The molecule has 2 atom stereocenters. The standard InChI is InChI=1S/C21H21ClFN5O3S/c1-11-3-4-12(23)7-16(11)25-18(29)10-32-21-26-19-14(9-24-27-19)20(30)28(21)13-5-6-17(31-2)15(22)8-13/h3-8,14,19,24,27H,9-10H2,1-2H3,(H,25,29). The van der Waals surface area contributed by atoms with Crippen LogP contribution in [0.15, 0.2) is 41.4 Å². The Bertz CT molecular complexity index is 1100. The molecule has 2 aliphatic rings. The molecule has 8 nitrogen and oxygen atoms in total. The Balaban J connectivity index is 1.55. The second-order valence-electron chi connectivity index (χ2n) is 7.28. The van der Waals surface area contributed by atoms with Crippen LogP contribution >= 0.6 is 23.4 Å². The van der Waals surface area contributed by atoms with E-state index in [1.54, 1.807) is 31.2 Å². The van der Waals surface area contributed by atoms with Gasteiger partial charge < -0.3 is 10.1 Å². The Kier molecular flexibility index (Phi) is 6.66. The fraction of sp³-hybridized carbons (Fsp3) is 0.286. The minimum absolute atomic E-state index is 0.0206. The Labute approximate surface area is 193 Å². The van der Waals surface area contributed by atoms with Crippen molar-refractivity contribution in [2.75, 3.05) is 29.6 Å². The number of thioether (sulfide) groups is 1. The van der Waals surface area contributed by atoms with Gasteiger partial charge in [-0.2, -0.15) is 0 Å². The van der Waals surface area contributed by atoms with E-state index in [2.05, 4.69) is 21.2 Å². The third kappa shape index (κ3) is 4.58. The zero-order valence-corrected chi connectivity index (χ0v) is 18.9. The summed E-state index contributed by atoms with van der Waals surface area (Å²) in [6.07, 6.45) is -0.427. The highest BCUT2D eigenvalue weighted by Crippen LogP contribution is 2.34. The number of amides is 2. The number of hydrazine groups is 1. The topological polar surface area (TPSA) is 95.1 Å². The third-order valence-corrected chi connectivity index (χ3v) is 6.38. The number of rotatable bonds is 5. The Morgan fingerprint density at radius 1 is 1.38 bits per heavy atom. The van der Waals surface area contributed by atoms with Crippen molar-refractivity contribution in [3.05, 3.63) is 52.8 Å². The van der Waals surface area contributed by atoms with E-state index >= 15 is 0 Å². The van der Waals surface area contributed by atoms with Crippen molar-refractivity contribution in [2.45, 2.75) is 13.1 Å². The van der Waals surface area contributed by atoms with Crippen molar-refractivity contribution in [1.82, 2.24) is 10.9 Å². The number of amidine groups is 1. The molecule has 0 bridgehead atoms. The summed E-state index contributed by atoms with van der Waals surface area (Å²) in [5.74, 6) is -0.859. The zero-order chi connectivity index (χ0) is 22.8. The lowest BCUT2D eigenvalue weighted by Gasteiger charge is -2.32. The molecule has 4 rings (SSSR count). The average Bonchev–Trinajstić information content (AvgIpc) is 3.24. The van der Waals surface area contributed by atoms with Crippen LogP contribution < -0.4 is 25.8 Å². The van der Waals surface area contributed by atoms with Gasteiger partial charge in [-0.1, -0.05) is 29.4 Å². The largest absolute Gasteiger partial charge is 0.495 e. The minimum Gasteiger partial charge on any atom is -0.495 e. The van der Waals surface area contributed by atoms with Gasteiger partial charge in [-0.3, -0.25) is 19.9 Å². The monoisotopic (exact) mass is 477 g/mol. The Morgan fingerprint density at radius 3 is 2.94 bits per heavy atom. The number of carbonyl (C=O) groups is 2. The average molecular weight is 478 g/mol. The number of hydrogen-bond acceptors (Lipinski definition) is 7. The first-order valence-electron chi connectivity index (χ1n) is 9.80. The molecule has 1 fully saturated rings. The summed E-state index contributed by atoms with van der Waals surface area (Å²) < 4.78 is 18.7. The predicted octanol–water partition coefficient (Wildman–Crippen LogP) is 2.92. The van der Waals surface area contributed by atoms with Crippen LogP contribution in [0.5, 0.6) is 5.75 Å². The van der Waals surface area contributed by atoms with Crippen LogP contribution in [-0.4, -0.2) is 42.6 Å². The maximum Gasteiger partial charge on any atom is 0.241 e. The molecule has 2 aromatic rings. The van der Waals surface area contributed by atoms with E-state index in [-0.39, 0.29) is 23.5 Å². The number of nitrogens with one attached hydrogen (secondary N) is 3. The molecule has 0 radical (unpaired) electrons. The number of aliphatic imine (C=N–C) groups is 1. The number of carbonyl (C=O) groups excluding carboxylic acids is 2. The fourth-order valence-electron chi connectivity index (χ4n) is 3.45. The van der Waals surface area contributed by atoms with Gasteiger partial charge in [0.15, 0.2) is 5.17 Å². The lowest BCUT2D eigenvalue weighted by atomic mass is 10.0. The highest BCUT2D eigenvalue weighted by atomic mass is 35.5. The molecule has 11 heteroatoms. The van der Waals surface area contributed by atoms with E-state index in [4.69, 9.17) is 16.3 Å². The van der Waals surface area contributed by atoms with Crippen LogP contribution in [0.2, 0.25) is 5.02 Å². The van der Waals surface area contributed by atoms with Gasteiger partial charge >= 0.3 is 0 Å². The summed E-state index contributed by atoms with van der Waals surface area (Å²) in [5, 5.41) is 3.42. The third-order valence-electron chi connectivity index (χ3n) is 5.13. The molecule has 0 spiro atoms. The van der Waals surface area contributed by atoms with E-state index < -0.39 is 12.0 Å². The van der Waals surface area contributed by atoms with Crippen molar-refractivity contribution >= 4 is 51.7 Å². The maximum atomic E-state index is 13.5.